The molecule has 0 amide bonds. The van der Waals surface area contributed by atoms with E-state index in [1.54, 1.807) is 12.4 Å². The molecule has 0 aliphatic rings. The van der Waals surface area contributed by atoms with Gasteiger partial charge in [0.25, 0.3) is 0 Å². The van der Waals surface area contributed by atoms with Crippen LogP contribution >= 0.6 is 11.6 Å². The summed E-state index contributed by atoms with van der Waals surface area (Å²) < 4.78 is 6.00. The molecule has 3 aromatic rings. The summed E-state index contributed by atoms with van der Waals surface area (Å²) in [4.78, 5) is 4.05. The summed E-state index contributed by atoms with van der Waals surface area (Å²) in [6, 6.07) is 12.0. The number of benzene rings is 1. The first-order valence-electron chi connectivity index (χ1n) is 7.11. The topological polar surface area (TPSA) is 38.1 Å². The van der Waals surface area contributed by atoms with Crippen molar-refractivity contribution in [2.45, 2.75) is 19.4 Å². The van der Waals surface area contributed by atoms with E-state index in [-0.39, 0.29) is 6.04 Å². The van der Waals surface area contributed by atoms with E-state index in [0.29, 0.717) is 5.02 Å². The summed E-state index contributed by atoms with van der Waals surface area (Å²) in [6.45, 7) is 3.03. The monoisotopic (exact) mass is 300 g/mol. The van der Waals surface area contributed by atoms with Crippen molar-refractivity contribution in [3.05, 3.63) is 65.1 Å². The fraction of sp³-hybridized carbons (Fsp3) is 0.235. The number of aromatic nitrogens is 1. The molecule has 2 heterocycles. The van der Waals surface area contributed by atoms with E-state index in [1.165, 1.54) is 0 Å². The van der Waals surface area contributed by atoms with Crippen LogP contribution in [0.4, 0.5) is 0 Å². The van der Waals surface area contributed by atoms with Gasteiger partial charge in [-0.3, -0.25) is 4.98 Å². The summed E-state index contributed by atoms with van der Waals surface area (Å²) in [6.07, 6.45) is 4.46. The molecule has 1 atom stereocenters. The van der Waals surface area contributed by atoms with Crippen LogP contribution in [-0.4, -0.2) is 11.5 Å². The molecule has 3 rings (SSSR count). The number of hydrogen-bond donors (Lipinski definition) is 1. The van der Waals surface area contributed by atoms with Gasteiger partial charge in [-0.15, -0.1) is 0 Å². The quantitative estimate of drug-likeness (QED) is 0.750. The SMILES string of the molecule is CCCNC(c1cc2ccccc2o1)c1ccncc1Cl. The number of fused-ring (bicyclic) bond motifs is 1. The zero-order chi connectivity index (χ0) is 14.7. The number of pyridine rings is 1. The zero-order valence-corrected chi connectivity index (χ0v) is 12.6. The van der Waals surface area contributed by atoms with Crippen molar-refractivity contribution in [3.63, 3.8) is 0 Å². The fourth-order valence-electron chi connectivity index (χ4n) is 2.42. The summed E-state index contributed by atoms with van der Waals surface area (Å²) in [5.41, 5.74) is 1.88. The predicted molar refractivity (Wildman–Crippen MR) is 85.6 cm³/mol. The van der Waals surface area contributed by atoms with Crippen LogP contribution < -0.4 is 5.32 Å². The fourth-order valence-corrected chi connectivity index (χ4v) is 2.65. The average molecular weight is 301 g/mol. The molecule has 4 heteroatoms. The maximum atomic E-state index is 6.30. The zero-order valence-electron chi connectivity index (χ0n) is 11.8. The van der Waals surface area contributed by atoms with E-state index in [4.69, 9.17) is 16.0 Å². The Bertz CT molecular complexity index is 705. The van der Waals surface area contributed by atoms with E-state index in [0.717, 1.165) is 35.3 Å². The smallest absolute Gasteiger partial charge is 0.134 e. The molecule has 1 N–H and O–H groups in total. The van der Waals surface area contributed by atoms with Gasteiger partial charge in [-0.1, -0.05) is 36.7 Å². The third kappa shape index (κ3) is 2.94. The molecular formula is C17H17ClN2O. The highest BCUT2D eigenvalue weighted by Gasteiger charge is 2.20. The van der Waals surface area contributed by atoms with Gasteiger partial charge in [0, 0.05) is 17.8 Å². The van der Waals surface area contributed by atoms with Crippen LogP contribution in [0.5, 0.6) is 0 Å². The van der Waals surface area contributed by atoms with E-state index in [2.05, 4.69) is 23.3 Å². The number of nitrogens with zero attached hydrogens (tertiary/aromatic N) is 1. The number of halogens is 1. The molecule has 0 saturated heterocycles. The lowest BCUT2D eigenvalue weighted by atomic mass is 10.1. The molecule has 21 heavy (non-hydrogen) atoms. The molecular weight excluding hydrogens is 284 g/mol. The second-order valence-corrected chi connectivity index (χ2v) is 5.38. The average Bonchev–Trinajstić information content (AvgIpc) is 2.93. The number of hydrogen-bond acceptors (Lipinski definition) is 3. The Morgan fingerprint density at radius 3 is 2.90 bits per heavy atom. The van der Waals surface area contributed by atoms with Crippen LogP contribution in [0.1, 0.15) is 30.7 Å². The second kappa shape index (κ2) is 6.29. The Labute approximate surface area is 128 Å². The third-order valence-corrected chi connectivity index (χ3v) is 3.76. The van der Waals surface area contributed by atoms with Gasteiger partial charge in [0.05, 0.1) is 11.1 Å². The number of para-hydroxylation sites is 1. The Balaban J connectivity index is 2.04. The van der Waals surface area contributed by atoms with Crippen LogP contribution in [-0.2, 0) is 0 Å². The molecule has 0 spiro atoms. The van der Waals surface area contributed by atoms with Crippen LogP contribution in [0.3, 0.4) is 0 Å². The van der Waals surface area contributed by atoms with Crippen molar-refractivity contribution >= 4 is 22.6 Å². The van der Waals surface area contributed by atoms with E-state index < -0.39 is 0 Å². The van der Waals surface area contributed by atoms with Gasteiger partial charge in [-0.2, -0.15) is 0 Å². The number of nitrogens with one attached hydrogen (secondary N) is 1. The van der Waals surface area contributed by atoms with Gasteiger partial charge >= 0.3 is 0 Å². The van der Waals surface area contributed by atoms with Crippen LogP contribution in [0, 0.1) is 0 Å². The third-order valence-electron chi connectivity index (χ3n) is 3.44. The summed E-state index contributed by atoms with van der Waals surface area (Å²) in [7, 11) is 0. The van der Waals surface area contributed by atoms with E-state index >= 15 is 0 Å². The molecule has 108 valence electrons. The maximum absolute atomic E-state index is 6.30. The van der Waals surface area contributed by atoms with Gasteiger partial charge in [0.15, 0.2) is 0 Å². The summed E-state index contributed by atoms with van der Waals surface area (Å²) in [5.74, 6) is 0.873. The van der Waals surface area contributed by atoms with Crippen molar-refractivity contribution in [2.75, 3.05) is 6.54 Å². The molecule has 0 bridgehead atoms. The summed E-state index contributed by atoms with van der Waals surface area (Å²) >= 11 is 6.30. The Morgan fingerprint density at radius 1 is 1.29 bits per heavy atom. The minimum absolute atomic E-state index is 0.0622. The molecule has 1 unspecified atom stereocenters. The van der Waals surface area contributed by atoms with E-state index in [9.17, 15) is 0 Å². The van der Waals surface area contributed by atoms with Gasteiger partial charge in [-0.05, 0) is 36.7 Å². The van der Waals surface area contributed by atoms with Gasteiger partial charge in [-0.25, -0.2) is 0 Å². The largest absolute Gasteiger partial charge is 0.459 e. The van der Waals surface area contributed by atoms with Gasteiger partial charge < -0.3 is 9.73 Å². The Hall–Kier alpha value is -1.84. The first-order valence-corrected chi connectivity index (χ1v) is 7.48. The van der Waals surface area contributed by atoms with E-state index in [1.807, 2.05) is 30.3 Å². The normalized spacial score (nSPS) is 12.7. The first kappa shape index (κ1) is 14.1. The highest BCUT2D eigenvalue weighted by Crippen LogP contribution is 2.31. The molecule has 0 aliphatic carbocycles. The summed E-state index contributed by atoms with van der Waals surface area (Å²) in [5, 5.41) is 5.24. The van der Waals surface area contributed by atoms with Gasteiger partial charge in [0.1, 0.15) is 11.3 Å². The number of furan rings is 1. The molecule has 1 aromatic carbocycles. The Kier molecular flexibility index (Phi) is 4.23. The van der Waals surface area contributed by atoms with Crippen molar-refractivity contribution in [2.24, 2.45) is 0 Å². The highest BCUT2D eigenvalue weighted by atomic mass is 35.5. The maximum Gasteiger partial charge on any atom is 0.134 e. The van der Waals surface area contributed by atoms with Crippen LogP contribution in [0.2, 0.25) is 5.02 Å². The van der Waals surface area contributed by atoms with Crippen molar-refractivity contribution in [3.8, 4) is 0 Å². The lowest BCUT2D eigenvalue weighted by Gasteiger charge is -2.17. The van der Waals surface area contributed by atoms with Crippen molar-refractivity contribution in [1.82, 2.24) is 10.3 Å². The molecule has 0 radical (unpaired) electrons. The minimum atomic E-state index is -0.0622. The molecule has 3 nitrogen and oxygen atoms in total. The van der Waals surface area contributed by atoms with Crippen molar-refractivity contribution in [1.29, 1.82) is 0 Å². The molecule has 0 aliphatic heterocycles. The lowest BCUT2D eigenvalue weighted by molar-refractivity contribution is 0.469. The second-order valence-electron chi connectivity index (χ2n) is 4.97. The first-order chi connectivity index (χ1) is 10.3. The lowest BCUT2D eigenvalue weighted by Crippen LogP contribution is -2.23. The highest BCUT2D eigenvalue weighted by molar-refractivity contribution is 6.31. The predicted octanol–water partition coefficient (Wildman–Crippen LogP) is 4.57. The molecule has 2 aromatic heterocycles. The standard InChI is InChI=1S/C17H17ClN2O/c1-2-8-20-17(13-7-9-19-11-14(13)18)16-10-12-5-3-4-6-15(12)21-16/h3-7,9-11,17,20H,2,8H2,1H3. The molecule has 0 saturated carbocycles. The van der Waals surface area contributed by atoms with Crippen molar-refractivity contribution < 1.29 is 4.42 Å². The molecule has 0 fully saturated rings. The van der Waals surface area contributed by atoms with Gasteiger partial charge in [0.2, 0.25) is 0 Å². The Morgan fingerprint density at radius 2 is 2.14 bits per heavy atom. The van der Waals surface area contributed by atoms with Crippen LogP contribution in [0.25, 0.3) is 11.0 Å². The number of rotatable bonds is 5. The van der Waals surface area contributed by atoms with Crippen LogP contribution in [0.15, 0.2) is 53.2 Å². The minimum Gasteiger partial charge on any atom is -0.459 e.